The molecule has 31 heavy (non-hydrogen) atoms. The number of H-pyrrole nitrogens is 1. The first kappa shape index (κ1) is 21.2. The molecule has 1 atom stereocenters. The fraction of sp³-hybridized carbons (Fsp3) is 0.174. The highest BCUT2D eigenvalue weighted by atomic mass is 35.5. The molecular formula is C23H20ClN3O3S. The first-order valence-electron chi connectivity index (χ1n) is 9.68. The summed E-state index contributed by atoms with van der Waals surface area (Å²) >= 11 is 7.31. The van der Waals surface area contributed by atoms with E-state index in [9.17, 15) is 9.59 Å². The van der Waals surface area contributed by atoms with E-state index in [0.29, 0.717) is 39.7 Å². The molecular weight excluding hydrogens is 434 g/mol. The Labute approximate surface area is 188 Å². The number of rotatable bonds is 7. The number of halogens is 1. The molecule has 0 radical (unpaired) electrons. The van der Waals surface area contributed by atoms with Crippen molar-refractivity contribution < 1.29 is 9.53 Å². The summed E-state index contributed by atoms with van der Waals surface area (Å²) in [5, 5.41) is 3.87. The van der Waals surface area contributed by atoms with Gasteiger partial charge >= 0.3 is 0 Å². The second kappa shape index (κ2) is 9.41. The van der Waals surface area contributed by atoms with E-state index in [1.54, 1.807) is 6.08 Å². The first-order chi connectivity index (χ1) is 15.0. The van der Waals surface area contributed by atoms with Gasteiger partial charge in [-0.15, -0.1) is 0 Å². The van der Waals surface area contributed by atoms with Crippen molar-refractivity contribution in [3.63, 3.8) is 0 Å². The van der Waals surface area contributed by atoms with Gasteiger partial charge in [-0.3, -0.25) is 9.59 Å². The Bertz CT molecular complexity index is 1160. The molecule has 2 heterocycles. The molecule has 0 bridgehead atoms. The Balaban J connectivity index is 1.58. The van der Waals surface area contributed by atoms with Crippen LogP contribution in [0.15, 0.2) is 71.1 Å². The molecule has 0 fully saturated rings. The lowest BCUT2D eigenvalue weighted by Crippen LogP contribution is -2.31. The van der Waals surface area contributed by atoms with Crippen LogP contribution in [0, 0.1) is 0 Å². The van der Waals surface area contributed by atoms with Gasteiger partial charge in [-0.25, -0.2) is 4.98 Å². The number of anilines is 1. The maximum Gasteiger partial charge on any atom is 0.257 e. The van der Waals surface area contributed by atoms with Crippen molar-refractivity contribution in [2.75, 3.05) is 11.9 Å². The fourth-order valence-corrected chi connectivity index (χ4v) is 4.33. The predicted octanol–water partition coefficient (Wildman–Crippen LogP) is 4.75. The van der Waals surface area contributed by atoms with E-state index < -0.39 is 0 Å². The zero-order valence-corrected chi connectivity index (χ0v) is 18.1. The lowest BCUT2D eigenvalue weighted by molar-refractivity contribution is -0.116. The van der Waals surface area contributed by atoms with Gasteiger partial charge in [0.25, 0.3) is 5.56 Å². The van der Waals surface area contributed by atoms with Crippen LogP contribution in [0.3, 0.4) is 0 Å². The molecule has 1 amide bonds. The van der Waals surface area contributed by atoms with Crippen molar-refractivity contribution >= 4 is 35.1 Å². The predicted molar refractivity (Wildman–Crippen MR) is 123 cm³/mol. The van der Waals surface area contributed by atoms with Crippen LogP contribution in [0.1, 0.15) is 29.0 Å². The number of amides is 1. The van der Waals surface area contributed by atoms with Crippen molar-refractivity contribution in [3.05, 3.63) is 93.3 Å². The van der Waals surface area contributed by atoms with E-state index in [0.717, 1.165) is 11.1 Å². The Morgan fingerprint density at radius 2 is 1.90 bits per heavy atom. The quantitative estimate of drug-likeness (QED) is 0.306. The van der Waals surface area contributed by atoms with E-state index in [1.807, 2.05) is 48.5 Å². The van der Waals surface area contributed by atoms with Crippen LogP contribution >= 0.6 is 23.4 Å². The molecule has 2 N–H and O–H groups in total. The zero-order valence-electron chi connectivity index (χ0n) is 16.6. The Kier molecular flexibility index (Phi) is 6.44. The summed E-state index contributed by atoms with van der Waals surface area (Å²) in [4.78, 5) is 32.6. The second-order valence-corrected chi connectivity index (χ2v) is 8.42. The molecule has 1 aromatic heterocycles. The summed E-state index contributed by atoms with van der Waals surface area (Å²) in [5.74, 6) is 1.09. The number of fused-ring (bicyclic) bond motifs is 1. The fourth-order valence-electron chi connectivity index (χ4n) is 3.39. The van der Waals surface area contributed by atoms with Gasteiger partial charge in [0.05, 0.1) is 5.56 Å². The smallest absolute Gasteiger partial charge is 0.257 e. The summed E-state index contributed by atoms with van der Waals surface area (Å²) in [6, 6.07) is 14.9. The maximum atomic E-state index is 12.9. The molecule has 1 unspecified atom stereocenters. The lowest BCUT2D eigenvalue weighted by Gasteiger charge is -2.24. The number of benzene rings is 2. The molecule has 1 aliphatic rings. The highest BCUT2D eigenvalue weighted by Crippen LogP contribution is 2.35. The van der Waals surface area contributed by atoms with E-state index in [1.165, 1.54) is 11.8 Å². The van der Waals surface area contributed by atoms with Crippen molar-refractivity contribution in [1.82, 2.24) is 9.97 Å². The average Bonchev–Trinajstić information content (AvgIpc) is 2.77. The van der Waals surface area contributed by atoms with Crippen LogP contribution in [0.5, 0.6) is 5.75 Å². The number of thioether (sulfide) groups is 1. The number of aromatic amines is 1. The van der Waals surface area contributed by atoms with Gasteiger partial charge in [0.15, 0.2) is 5.16 Å². The third-order valence-corrected chi connectivity index (χ3v) is 6.06. The van der Waals surface area contributed by atoms with E-state index in [4.69, 9.17) is 16.3 Å². The number of ether oxygens (including phenoxy) is 1. The van der Waals surface area contributed by atoms with Crippen LogP contribution in [0.2, 0.25) is 5.02 Å². The van der Waals surface area contributed by atoms with Crippen LogP contribution < -0.4 is 15.6 Å². The van der Waals surface area contributed by atoms with Crippen molar-refractivity contribution in [3.8, 4) is 5.75 Å². The normalized spacial score (nSPS) is 15.1. The number of nitrogens with zero attached hydrogens (tertiary/aromatic N) is 1. The number of hydrogen-bond donors (Lipinski definition) is 2. The van der Waals surface area contributed by atoms with Gasteiger partial charge < -0.3 is 15.0 Å². The molecule has 6 nitrogen and oxygen atoms in total. The number of aromatic nitrogens is 2. The topological polar surface area (TPSA) is 84.1 Å². The highest BCUT2D eigenvalue weighted by Gasteiger charge is 2.31. The van der Waals surface area contributed by atoms with E-state index >= 15 is 0 Å². The number of hydrogen-bond acceptors (Lipinski definition) is 5. The Hall–Kier alpha value is -3.03. The summed E-state index contributed by atoms with van der Waals surface area (Å²) in [6.07, 6.45) is 1.85. The third kappa shape index (κ3) is 5.00. The summed E-state index contributed by atoms with van der Waals surface area (Å²) in [7, 11) is 0. The second-order valence-electron chi connectivity index (χ2n) is 7.02. The van der Waals surface area contributed by atoms with Crippen molar-refractivity contribution in [2.45, 2.75) is 23.2 Å². The monoisotopic (exact) mass is 453 g/mol. The lowest BCUT2D eigenvalue weighted by atomic mass is 9.87. The van der Waals surface area contributed by atoms with Crippen LogP contribution in [-0.4, -0.2) is 22.5 Å². The molecule has 2 aromatic carbocycles. The van der Waals surface area contributed by atoms with Crippen LogP contribution in [-0.2, 0) is 10.5 Å². The standard InChI is InChI=1S/C23H20ClN3O3S/c1-2-11-30-17-9-5-15(6-10-17)18-12-19(28)25-21-20(18)22(29)27-23(26-21)31-13-14-3-7-16(24)8-4-14/h2-10,18H,1,11-13H2,(H2,25,26,27,28,29). The van der Waals surface area contributed by atoms with Gasteiger partial charge in [0.2, 0.25) is 5.91 Å². The van der Waals surface area contributed by atoms with Gasteiger partial charge in [0.1, 0.15) is 18.2 Å². The maximum absolute atomic E-state index is 12.9. The SMILES string of the molecule is C=CCOc1ccc(C2CC(=O)Nc3nc(SCc4ccc(Cl)cc4)[nH]c(=O)c32)cc1. The average molecular weight is 454 g/mol. The van der Waals surface area contributed by atoms with Crippen molar-refractivity contribution in [2.24, 2.45) is 0 Å². The van der Waals surface area contributed by atoms with Gasteiger partial charge in [-0.05, 0) is 35.4 Å². The van der Waals surface area contributed by atoms with Gasteiger partial charge in [0, 0.05) is 23.1 Å². The van der Waals surface area contributed by atoms with E-state index in [-0.39, 0.29) is 23.8 Å². The van der Waals surface area contributed by atoms with E-state index in [2.05, 4.69) is 21.9 Å². The summed E-state index contributed by atoms with van der Waals surface area (Å²) in [5.41, 5.74) is 2.13. The molecule has 0 saturated carbocycles. The third-order valence-electron chi connectivity index (χ3n) is 4.87. The highest BCUT2D eigenvalue weighted by molar-refractivity contribution is 7.98. The summed E-state index contributed by atoms with van der Waals surface area (Å²) in [6.45, 7) is 4.04. The largest absolute Gasteiger partial charge is 0.490 e. The molecule has 8 heteroatoms. The Morgan fingerprint density at radius 1 is 1.16 bits per heavy atom. The molecule has 4 rings (SSSR count). The number of carbonyl (C=O) groups excluding carboxylic acids is 1. The van der Waals surface area contributed by atoms with Crippen molar-refractivity contribution in [1.29, 1.82) is 0 Å². The van der Waals surface area contributed by atoms with Crippen LogP contribution in [0.4, 0.5) is 5.82 Å². The molecule has 158 valence electrons. The van der Waals surface area contributed by atoms with Gasteiger partial charge in [-0.2, -0.15) is 0 Å². The minimum absolute atomic E-state index is 0.170. The molecule has 3 aromatic rings. The number of nitrogens with one attached hydrogen (secondary N) is 2. The molecule has 0 aliphatic carbocycles. The number of carbonyl (C=O) groups is 1. The zero-order chi connectivity index (χ0) is 21.8. The Morgan fingerprint density at radius 3 is 2.61 bits per heavy atom. The summed E-state index contributed by atoms with van der Waals surface area (Å²) < 4.78 is 5.51. The minimum atomic E-state index is -0.372. The minimum Gasteiger partial charge on any atom is -0.490 e. The molecule has 0 spiro atoms. The van der Waals surface area contributed by atoms with Crippen LogP contribution in [0.25, 0.3) is 0 Å². The first-order valence-corrected chi connectivity index (χ1v) is 11.0. The van der Waals surface area contributed by atoms with Gasteiger partial charge in [-0.1, -0.05) is 60.3 Å². The molecule has 0 saturated heterocycles. The molecule has 1 aliphatic heterocycles.